The van der Waals surface area contributed by atoms with Crippen molar-refractivity contribution >= 4 is 23.3 Å². The van der Waals surface area contributed by atoms with Gasteiger partial charge in [-0.1, -0.05) is 18.2 Å². The molecule has 0 atom stereocenters. The van der Waals surface area contributed by atoms with E-state index in [0.29, 0.717) is 36.3 Å². The fourth-order valence-electron chi connectivity index (χ4n) is 4.11. The fourth-order valence-corrected chi connectivity index (χ4v) is 4.11. The number of nitrogens with one attached hydrogen (secondary N) is 1. The molecule has 0 spiro atoms. The van der Waals surface area contributed by atoms with Crippen molar-refractivity contribution in [3.8, 4) is 0 Å². The van der Waals surface area contributed by atoms with E-state index in [-0.39, 0.29) is 31.7 Å². The number of anilines is 1. The first-order valence-electron chi connectivity index (χ1n) is 10.7. The number of nitrogens with zero attached hydrogens (tertiary/aromatic N) is 3. The molecule has 174 valence electrons. The fraction of sp³-hybridized carbons (Fsp3) is 0.333. The molecule has 0 aliphatic carbocycles. The van der Waals surface area contributed by atoms with Crippen molar-refractivity contribution in [2.24, 2.45) is 0 Å². The average Bonchev–Trinajstić information content (AvgIpc) is 3.24. The molecule has 2 heterocycles. The molecule has 0 saturated heterocycles. The zero-order chi connectivity index (χ0) is 23.5. The Morgan fingerprint density at radius 3 is 2.52 bits per heavy atom. The van der Waals surface area contributed by atoms with Gasteiger partial charge in [0.05, 0.1) is 13.1 Å². The number of carbonyl (C=O) groups excluding carboxylic acids is 2. The van der Waals surface area contributed by atoms with Gasteiger partial charge in [0.1, 0.15) is 18.3 Å². The summed E-state index contributed by atoms with van der Waals surface area (Å²) in [6, 6.07) is 8.86. The summed E-state index contributed by atoms with van der Waals surface area (Å²) in [5.74, 6) is -1.29. The molecule has 0 aromatic heterocycles. The minimum Gasteiger partial charge on any atom is -0.325 e. The third-order valence-corrected chi connectivity index (χ3v) is 5.98. The minimum absolute atomic E-state index is 0.0778. The number of fused-ring (bicyclic) bond motifs is 1. The molecule has 0 radical (unpaired) electrons. The smallest absolute Gasteiger partial charge is 0.322 e. The molecule has 6 nitrogen and oxygen atoms in total. The quantitative estimate of drug-likeness (QED) is 0.727. The van der Waals surface area contributed by atoms with Crippen molar-refractivity contribution in [2.75, 3.05) is 38.7 Å². The van der Waals surface area contributed by atoms with Gasteiger partial charge in [-0.15, -0.1) is 0 Å². The van der Waals surface area contributed by atoms with E-state index in [1.54, 1.807) is 24.1 Å². The van der Waals surface area contributed by atoms with Crippen molar-refractivity contribution in [1.82, 2.24) is 14.7 Å². The first kappa shape index (κ1) is 22.7. The van der Waals surface area contributed by atoms with Gasteiger partial charge in [-0.3, -0.25) is 0 Å². The van der Waals surface area contributed by atoms with Gasteiger partial charge in [-0.2, -0.15) is 0 Å². The van der Waals surface area contributed by atoms with Gasteiger partial charge in [-0.25, -0.2) is 22.8 Å². The van der Waals surface area contributed by atoms with Crippen molar-refractivity contribution in [1.29, 1.82) is 0 Å². The Hall–Kier alpha value is -3.49. The van der Waals surface area contributed by atoms with Crippen molar-refractivity contribution in [3.05, 3.63) is 70.8 Å². The molecule has 2 aliphatic heterocycles. The van der Waals surface area contributed by atoms with Crippen LogP contribution in [0.5, 0.6) is 0 Å². The molecule has 9 heteroatoms. The summed E-state index contributed by atoms with van der Waals surface area (Å²) >= 11 is 0. The van der Waals surface area contributed by atoms with Crippen LogP contribution >= 0.6 is 0 Å². The summed E-state index contributed by atoms with van der Waals surface area (Å²) in [7, 11) is 1.59. The monoisotopic (exact) mass is 458 g/mol. The maximum atomic E-state index is 13.9. The van der Waals surface area contributed by atoms with E-state index in [1.165, 1.54) is 15.9 Å². The van der Waals surface area contributed by atoms with E-state index in [0.717, 1.165) is 17.2 Å². The summed E-state index contributed by atoms with van der Waals surface area (Å²) in [5, 5.41) is 2.79. The van der Waals surface area contributed by atoms with Crippen LogP contribution in [0.4, 0.5) is 28.4 Å². The van der Waals surface area contributed by atoms with Crippen LogP contribution in [0.3, 0.4) is 0 Å². The number of amides is 4. The van der Waals surface area contributed by atoms with Crippen molar-refractivity contribution in [2.45, 2.75) is 19.5 Å². The second-order valence-electron chi connectivity index (χ2n) is 8.21. The lowest BCUT2D eigenvalue weighted by atomic mass is 9.99. The van der Waals surface area contributed by atoms with E-state index < -0.39 is 18.3 Å². The van der Waals surface area contributed by atoms with Gasteiger partial charge in [-0.05, 0) is 41.3 Å². The number of hydrogen-bond donors (Lipinski definition) is 1. The Morgan fingerprint density at radius 1 is 1.09 bits per heavy atom. The van der Waals surface area contributed by atoms with Crippen LogP contribution in [0.1, 0.15) is 23.1 Å². The zero-order valence-corrected chi connectivity index (χ0v) is 18.3. The average molecular weight is 458 g/mol. The Kier molecular flexibility index (Phi) is 6.57. The first-order valence-corrected chi connectivity index (χ1v) is 10.7. The van der Waals surface area contributed by atoms with Crippen LogP contribution in [0.25, 0.3) is 5.57 Å². The molecule has 4 amide bonds. The van der Waals surface area contributed by atoms with Crippen LogP contribution in [-0.4, -0.2) is 60.1 Å². The van der Waals surface area contributed by atoms with Crippen LogP contribution < -0.4 is 5.32 Å². The molecule has 0 fully saturated rings. The molecule has 0 unspecified atom stereocenters. The molecule has 2 aromatic carbocycles. The molecule has 1 N–H and O–H groups in total. The minimum atomic E-state index is -0.652. The van der Waals surface area contributed by atoms with Crippen LogP contribution in [0.2, 0.25) is 0 Å². The maximum absolute atomic E-state index is 13.9. The highest BCUT2D eigenvalue weighted by Gasteiger charge is 2.27. The van der Waals surface area contributed by atoms with E-state index in [2.05, 4.69) is 5.32 Å². The Labute approximate surface area is 190 Å². The van der Waals surface area contributed by atoms with E-state index >= 15 is 0 Å². The number of alkyl halides is 1. The topological polar surface area (TPSA) is 55.9 Å². The molecule has 33 heavy (non-hydrogen) atoms. The summed E-state index contributed by atoms with van der Waals surface area (Å²) in [6.45, 7) is 0.752. The van der Waals surface area contributed by atoms with Crippen LogP contribution in [-0.2, 0) is 13.1 Å². The first-order chi connectivity index (χ1) is 15.9. The maximum Gasteiger partial charge on any atom is 0.322 e. The largest absolute Gasteiger partial charge is 0.325 e. The second-order valence-corrected chi connectivity index (χ2v) is 8.21. The SMILES string of the molecule is CN(CCF)C(=O)N1CC=C(c2ccc(NC(=O)N3Cc4cc(F)cc(F)c4C3)cc2)CC1. The van der Waals surface area contributed by atoms with Gasteiger partial charge in [0, 0.05) is 44.0 Å². The normalized spacial score (nSPS) is 15.2. The Balaban J connectivity index is 1.34. The number of carbonyl (C=O) groups is 2. The molecular formula is C24H25F3N4O2. The van der Waals surface area contributed by atoms with E-state index in [1.807, 2.05) is 18.2 Å². The molecule has 0 saturated carbocycles. The predicted molar refractivity (Wildman–Crippen MR) is 119 cm³/mol. The van der Waals surface area contributed by atoms with Crippen molar-refractivity contribution < 1.29 is 22.8 Å². The van der Waals surface area contributed by atoms with Crippen LogP contribution in [0.15, 0.2) is 42.5 Å². The van der Waals surface area contributed by atoms with Gasteiger partial charge < -0.3 is 20.0 Å². The third kappa shape index (κ3) is 4.97. The number of benzene rings is 2. The third-order valence-electron chi connectivity index (χ3n) is 5.98. The van der Waals surface area contributed by atoms with Gasteiger partial charge in [0.2, 0.25) is 0 Å². The summed E-state index contributed by atoms with van der Waals surface area (Å²) in [6.07, 6.45) is 2.66. The lowest BCUT2D eigenvalue weighted by molar-refractivity contribution is 0.164. The highest BCUT2D eigenvalue weighted by Crippen LogP contribution is 2.28. The van der Waals surface area contributed by atoms with Crippen molar-refractivity contribution in [3.63, 3.8) is 0 Å². The molecule has 2 aromatic rings. The van der Waals surface area contributed by atoms with E-state index in [9.17, 15) is 22.8 Å². The second kappa shape index (κ2) is 9.56. The number of rotatable bonds is 4. The molecular weight excluding hydrogens is 433 g/mol. The Bertz CT molecular complexity index is 1090. The number of halogens is 3. The standard InChI is InChI=1S/C24H25F3N4O2/c1-29(11-8-25)24(33)30-9-6-17(7-10-30)16-2-4-20(5-3-16)28-23(32)31-14-18-12-19(26)13-22(27)21(18)15-31/h2-6,12-13H,7-11,14-15H2,1H3,(H,28,32). The Morgan fingerprint density at radius 2 is 1.85 bits per heavy atom. The van der Waals surface area contributed by atoms with Gasteiger partial charge in [0.15, 0.2) is 0 Å². The predicted octanol–water partition coefficient (Wildman–Crippen LogP) is 4.62. The lowest BCUT2D eigenvalue weighted by Gasteiger charge is -2.30. The molecule has 2 aliphatic rings. The number of urea groups is 2. The summed E-state index contributed by atoms with van der Waals surface area (Å²) in [5.41, 5.74) is 3.49. The summed E-state index contributed by atoms with van der Waals surface area (Å²) < 4.78 is 39.8. The summed E-state index contributed by atoms with van der Waals surface area (Å²) in [4.78, 5) is 29.3. The van der Waals surface area contributed by atoms with Crippen LogP contribution in [0, 0.1) is 11.6 Å². The van der Waals surface area contributed by atoms with Gasteiger partial charge in [0.25, 0.3) is 0 Å². The molecule has 4 rings (SSSR count). The molecule has 0 bridgehead atoms. The highest BCUT2D eigenvalue weighted by atomic mass is 19.1. The zero-order valence-electron chi connectivity index (χ0n) is 18.3. The number of hydrogen-bond acceptors (Lipinski definition) is 2. The van der Waals surface area contributed by atoms with Gasteiger partial charge >= 0.3 is 12.1 Å². The lowest BCUT2D eigenvalue weighted by Crippen LogP contribution is -2.43. The van der Waals surface area contributed by atoms with E-state index in [4.69, 9.17) is 0 Å². The highest BCUT2D eigenvalue weighted by molar-refractivity contribution is 5.90.